The second kappa shape index (κ2) is 4.40. The van der Waals surface area contributed by atoms with Crippen LogP contribution in [0.3, 0.4) is 0 Å². The number of aromatic nitrogens is 1. The summed E-state index contributed by atoms with van der Waals surface area (Å²) in [7, 11) is 1.37. The first-order valence-electron chi connectivity index (χ1n) is 4.93. The van der Waals surface area contributed by atoms with Gasteiger partial charge in [0.25, 0.3) is 5.91 Å². The zero-order chi connectivity index (χ0) is 13.2. The van der Waals surface area contributed by atoms with Gasteiger partial charge < -0.3 is 15.1 Å². The summed E-state index contributed by atoms with van der Waals surface area (Å²) >= 11 is 0. The van der Waals surface area contributed by atoms with Gasteiger partial charge in [-0.05, 0) is 19.9 Å². The maximum atomic E-state index is 12.0. The molecule has 17 heavy (non-hydrogen) atoms. The molecule has 6 nitrogen and oxygen atoms in total. The maximum Gasteiger partial charge on any atom is 0.329 e. The molecular formula is C11H14N2O4. The number of pyridine rings is 1. The van der Waals surface area contributed by atoms with Gasteiger partial charge in [0.1, 0.15) is 11.3 Å². The molecule has 6 heteroatoms. The summed E-state index contributed by atoms with van der Waals surface area (Å²) < 4.78 is 0. The van der Waals surface area contributed by atoms with Gasteiger partial charge in [0, 0.05) is 13.2 Å². The van der Waals surface area contributed by atoms with Crippen LogP contribution in [0.1, 0.15) is 24.2 Å². The number of amides is 1. The van der Waals surface area contributed by atoms with Crippen molar-refractivity contribution in [3.63, 3.8) is 0 Å². The summed E-state index contributed by atoms with van der Waals surface area (Å²) in [6, 6.07) is 1.34. The molecule has 0 saturated heterocycles. The Kier molecular flexibility index (Phi) is 3.36. The van der Waals surface area contributed by atoms with E-state index in [-0.39, 0.29) is 11.3 Å². The average molecular weight is 238 g/mol. The van der Waals surface area contributed by atoms with Crippen molar-refractivity contribution in [3.05, 3.63) is 24.0 Å². The number of carboxylic acid groups (broad SMARTS) is 1. The Labute approximate surface area is 98.5 Å². The second-order valence-corrected chi connectivity index (χ2v) is 4.12. The monoisotopic (exact) mass is 238 g/mol. The standard InChI is InChI=1S/C11H14N2O4/c1-11(2,10(16)17)13(3)9(15)7-4-5-12-6-8(7)14/h4-6,14H,1-3H3,(H,16,17). The van der Waals surface area contributed by atoms with E-state index in [0.29, 0.717) is 0 Å². The normalized spacial score (nSPS) is 11.0. The number of carboxylic acids is 1. The largest absolute Gasteiger partial charge is 0.505 e. The number of hydrogen-bond donors (Lipinski definition) is 2. The third kappa shape index (κ3) is 2.35. The molecule has 0 aromatic carbocycles. The molecule has 1 aromatic heterocycles. The highest BCUT2D eigenvalue weighted by Crippen LogP contribution is 2.21. The van der Waals surface area contributed by atoms with Crippen molar-refractivity contribution in [3.8, 4) is 5.75 Å². The van der Waals surface area contributed by atoms with E-state index in [0.717, 1.165) is 11.1 Å². The number of rotatable bonds is 3. The van der Waals surface area contributed by atoms with Crippen LogP contribution in [0.15, 0.2) is 18.5 Å². The number of carbonyl (C=O) groups is 2. The Morgan fingerprint density at radius 1 is 1.41 bits per heavy atom. The number of nitrogens with zero attached hydrogens (tertiary/aromatic N) is 2. The van der Waals surface area contributed by atoms with E-state index in [2.05, 4.69) is 4.98 Å². The van der Waals surface area contributed by atoms with E-state index in [1.807, 2.05) is 0 Å². The Bertz CT molecular complexity index is 457. The zero-order valence-electron chi connectivity index (χ0n) is 9.84. The summed E-state index contributed by atoms with van der Waals surface area (Å²) in [5.74, 6) is -1.97. The summed E-state index contributed by atoms with van der Waals surface area (Å²) in [5.41, 5.74) is -1.33. The minimum Gasteiger partial charge on any atom is -0.505 e. The number of carbonyl (C=O) groups excluding carboxylic acids is 1. The average Bonchev–Trinajstić information content (AvgIpc) is 2.27. The molecule has 0 atom stereocenters. The fourth-order valence-corrected chi connectivity index (χ4v) is 1.14. The van der Waals surface area contributed by atoms with Crippen LogP contribution in [-0.4, -0.2) is 44.6 Å². The zero-order valence-corrected chi connectivity index (χ0v) is 9.84. The van der Waals surface area contributed by atoms with Gasteiger partial charge >= 0.3 is 5.97 Å². The van der Waals surface area contributed by atoms with Crippen molar-refractivity contribution in [2.45, 2.75) is 19.4 Å². The molecule has 2 N–H and O–H groups in total. The van der Waals surface area contributed by atoms with Gasteiger partial charge in [0.2, 0.25) is 0 Å². The highest BCUT2D eigenvalue weighted by molar-refractivity contribution is 5.99. The van der Waals surface area contributed by atoms with Crippen LogP contribution in [0.4, 0.5) is 0 Å². The van der Waals surface area contributed by atoms with E-state index in [4.69, 9.17) is 5.11 Å². The van der Waals surface area contributed by atoms with Gasteiger partial charge in [0.05, 0.1) is 11.8 Å². The third-order valence-corrected chi connectivity index (χ3v) is 2.70. The fourth-order valence-electron chi connectivity index (χ4n) is 1.14. The lowest BCUT2D eigenvalue weighted by molar-refractivity contribution is -0.147. The molecule has 0 saturated carbocycles. The molecule has 0 aliphatic rings. The highest BCUT2D eigenvalue weighted by atomic mass is 16.4. The quantitative estimate of drug-likeness (QED) is 0.809. The third-order valence-electron chi connectivity index (χ3n) is 2.70. The predicted octanol–water partition coefficient (Wildman–Crippen LogP) is 0.722. The first kappa shape index (κ1) is 13.0. The summed E-state index contributed by atoms with van der Waals surface area (Å²) in [4.78, 5) is 27.7. The Hall–Kier alpha value is -2.11. The van der Waals surface area contributed by atoms with Crippen LogP contribution in [0, 0.1) is 0 Å². The SMILES string of the molecule is CN(C(=O)c1ccncc1O)C(C)(C)C(=O)O. The van der Waals surface area contributed by atoms with Crippen molar-refractivity contribution in [1.29, 1.82) is 0 Å². The molecule has 0 aliphatic carbocycles. The molecule has 1 amide bonds. The van der Waals surface area contributed by atoms with Gasteiger partial charge in [-0.15, -0.1) is 0 Å². The van der Waals surface area contributed by atoms with Crippen molar-refractivity contribution in [2.75, 3.05) is 7.05 Å². The van der Waals surface area contributed by atoms with E-state index < -0.39 is 17.4 Å². The molecule has 0 unspecified atom stereocenters. The second-order valence-electron chi connectivity index (χ2n) is 4.12. The Balaban J connectivity index is 3.07. The lowest BCUT2D eigenvalue weighted by Gasteiger charge is -2.31. The first-order chi connectivity index (χ1) is 7.78. The van der Waals surface area contributed by atoms with E-state index in [1.165, 1.54) is 33.2 Å². The predicted molar refractivity (Wildman–Crippen MR) is 59.7 cm³/mol. The van der Waals surface area contributed by atoms with E-state index >= 15 is 0 Å². The van der Waals surface area contributed by atoms with Crippen LogP contribution in [0.2, 0.25) is 0 Å². The van der Waals surface area contributed by atoms with Crippen LogP contribution in [-0.2, 0) is 4.79 Å². The molecule has 0 bridgehead atoms. The highest BCUT2D eigenvalue weighted by Gasteiger charge is 2.36. The number of hydrogen-bond acceptors (Lipinski definition) is 4. The van der Waals surface area contributed by atoms with Crippen LogP contribution < -0.4 is 0 Å². The molecular weight excluding hydrogens is 224 g/mol. The van der Waals surface area contributed by atoms with Crippen molar-refractivity contribution in [2.24, 2.45) is 0 Å². The number of aliphatic carboxylic acids is 1. The summed E-state index contributed by atoms with van der Waals surface area (Å²) in [5, 5.41) is 18.5. The Morgan fingerprint density at radius 3 is 2.47 bits per heavy atom. The molecule has 0 spiro atoms. The lowest BCUT2D eigenvalue weighted by Crippen LogP contribution is -2.50. The van der Waals surface area contributed by atoms with Crippen molar-refractivity contribution < 1.29 is 19.8 Å². The van der Waals surface area contributed by atoms with Crippen LogP contribution in [0.25, 0.3) is 0 Å². The molecule has 1 aromatic rings. The fraction of sp³-hybridized carbons (Fsp3) is 0.364. The molecule has 0 aliphatic heterocycles. The van der Waals surface area contributed by atoms with Gasteiger partial charge in [-0.2, -0.15) is 0 Å². The molecule has 92 valence electrons. The number of aromatic hydroxyl groups is 1. The van der Waals surface area contributed by atoms with Gasteiger partial charge in [-0.3, -0.25) is 9.78 Å². The minimum absolute atomic E-state index is 0.0248. The van der Waals surface area contributed by atoms with Crippen molar-refractivity contribution in [1.82, 2.24) is 9.88 Å². The van der Waals surface area contributed by atoms with E-state index in [1.54, 1.807) is 0 Å². The van der Waals surface area contributed by atoms with Gasteiger partial charge in [-0.25, -0.2) is 4.79 Å². The number of likely N-dealkylation sites (N-methyl/N-ethyl adjacent to an activating group) is 1. The Morgan fingerprint density at radius 2 is 2.00 bits per heavy atom. The topological polar surface area (TPSA) is 90.7 Å². The minimum atomic E-state index is -1.35. The van der Waals surface area contributed by atoms with Crippen LogP contribution in [0.5, 0.6) is 5.75 Å². The van der Waals surface area contributed by atoms with Gasteiger partial charge in [0.15, 0.2) is 0 Å². The first-order valence-corrected chi connectivity index (χ1v) is 4.93. The van der Waals surface area contributed by atoms with Crippen LogP contribution >= 0.6 is 0 Å². The molecule has 0 fully saturated rings. The lowest BCUT2D eigenvalue weighted by atomic mass is 10.0. The smallest absolute Gasteiger partial charge is 0.329 e. The molecule has 0 radical (unpaired) electrons. The molecule has 1 rings (SSSR count). The maximum absolute atomic E-state index is 12.0. The summed E-state index contributed by atoms with van der Waals surface area (Å²) in [6.07, 6.45) is 2.49. The van der Waals surface area contributed by atoms with E-state index in [9.17, 15) is 14.7 Å². The van der Waals surface area contributed by atoms with Crippen molar-refractivity contribution >= 4 is 11.9 Å². The van der Waals surface area contributed by atoms with Gasteiger partial charge in [-0.1, -0.05) is 0 Å². The summed E-state index contributed by atoms with van der Waals surface area (Å²) in [6.45, 7) is 2.82. The molecule has 1 heterocycles.